The first-order valence-corrected chi connectivity index (χ1v) is 3.05. The van der Waals surface area contributed by atoms with Crippen LogP contribution in [0.4, 0.5) is 5.69 Å². The lowest BCUT2D eigenvalue weighted by Gasteiger charge is -2.00. The molecule has 0 bridgehead atoms. The molecule has 0 saturated carbocycles. The molecule has 0 aliphatic heterocycles. The maximum absolute atomic E-state index is 7.16. The summed E-state index contributed by atoms with van der Waals surface area (Å²) in [6, 6.07) is 6.71. The Balaban J connectivity index is 2.90. The Hall–Kier alpha value is -1.55. The lowest BCUT2D eigenvalue weighted by Crippen LogP contribution is -2.09. The fourth-order valence-electron chi connectivity index (χ4n) is 0.703. The molecule has 1 aromatic carbocycles. The largest absolute Gasteiger partial charge is 0.399 e. The van der Waals surface area contributed by atoms with E-state index in [0.717, 1.165) is 0 Å². The van der Waals surface area contributed by atoms with Crippen molar-refractivity contribution >= 4 is 11.6 Å². The fraction of sp³-hybridized carbons (Fsp3) is 0. The van der Waals surface area contributed by atoms with Crippen molar-refractivity contribution < 1.29 is 4.84 Å². The highest BCUT2D eigenvalue weighted by atomic mass is 16.6. The first-order valence-electron chi connectivity index (χ1n) is 3.05. The summed E-state index contributed by atoms with van der Waals surface area (Å²) < 4.78 is 0. The van der Waals surface area contributed by atoms with Crippen molar-refractivity contribution in [3.05, 3.63) is 29.8 Å². The minimum absolute atomic E-state index is 0.0648. The van der Waals surface area contributed by atoms with E-state index in [1.165, 1.54) is 0 Å². The summed E-state index contributed by atoms with van der Waals surface area (Å²) in [4.78, 5) is 4.22. The average Bonchev–Trinajstić information content (AvgIpc) is 2.05. The molecule has 0 amide bonds. The number of hydrogen-bond acceptors (Lipinski definition) is 4. The summed E-state index contributed by atoms with van der Waals surface area (Å²) in [5.74, 6) is 4.72. The van der Waals surface area contributed by atoms with Crippen LogP contribution in [0.1, 0.15) is 5.56 Å². The molecular weight excluding hydrogens is 142 g/mol. The molecule has 0 aliphatic rings. The van der Waals surface area contributed by atoms with E-state index < -0.39 is 0 Å². The van der Waals surface area contributed by atoms with Gasteiger partial charge in [0, 0.05) is 11.3 Å². The Morgan fingerprint density at radius 3 is 2.27 bits per heavy atom. The zero-order valence-electron chi connectivity index (χ0n) is 5.87. The zero-order chi connectivity index (χ0) is 8.27. The Morgan fingerprint density at radius 2 is 1.82 bits per heavy atom. The molecule has 0 aliphatic carbocycles. The molecule has 11 heavy (non-hydrogen) atoms. The summed E-state index contributed by atoms with van der Waals surface area (Å²) in [5.41, 5.74) is 6.69. The lowest BCUT2D eigenvalue weighted by molar-refractivity contribution is 0.319. The van der Waals surface area contributed by atoms with Gasteiger partial charge in [0.2, 0.25) is 5.90 Å². The number of hydrogen-bond donors (Lipinski definition) is 3. The maximum atomic E-state index is 7.16. The molecule has 5 N–H and O–H groups in total. The highest BCUT2D eigenvalue weighted by molar-refractivity contribution is 5.91. The molecule has 0 heterocycles. The first-order chi connectivity index (χ1) is 5.24. The third-order valence-electron chi connectivity index (χ3n) is 1.29. The number of nitrogens with two attached hydrogens (primary N) is 2. The van der Waals surface area contributed by atoms with Crippen LogP contribution < -0.4 is 11.6 Å². The van der Waals surface area contributed by atoms with E-state index in [4.69, 9.17) is 17.0 Å². The van der Waals surface area contributed by atoms with Gasteiger partial charge < -0.3 is 10.6 Å². The van der Waals surface area contributed by atoms with Crippen LogP contribution in [0, 0.1) is 5.41 Å². The van der Waals surface area contributed by atoms with Crippen LogP contribution >= 0.6 is 0 Å². The van der Waals surface area contributed by atoms with Crippen molar-refractivity contribution in [3.8, 4) is 0 Å². The first kappa shape index (κ1) is 7.56. The molecule has 1 aromatic rings. The molecule has 0 radical (unpaired) electrons. The molecular formula is C7H9N3O. The van der Waals surface area contributed by atoms with Crippen molar-refractivity contribution in [2.75, 3.05) is 5.73 Å². The third kappa shape index (κ3) is 1.68. The van der Waals surface area contributed by atoms with Crippen molar-refractivity contribution in [1.82, 2.24) is 0 Å². The summed E-state index contributed by atoms with van der Waals surface area (Å²) >= 11 is 0. The Bertz CT molecular complexity index is 255. The maximum Gasteiger partial charge on any atom is 0.237 e. The molecule has 1 rings (SSSR count). The van der Waals surface area contributed by atoms with Crippen LogP contribution in [0.3, 0.4) is 0 Å². The van der Waals surface area contributed by atoms with Gasteiger partial charge in [-0.2, -0.15) is 5.90 Å². The minimum atomic E-state index is -0.0648. The zero-order valence-corrected chi connectivity index (χ0v) is 5.87. The average molecular weight is 151 g/mol. The van der Waals surface area contributed by atoms with Crippen molar-refractivity contribution in [2.24, 2.45) is 5.90 Å². The van der Waals surface area contributed by atoms with Crippen molar-refractivity contribution in [1.29, 1.82) is 5.41 Å². The number of benzene rings is 1. The summed E-state index contributed by atoms with van der Waals surface area (Å²) in [5, 5.41) is 7.16. The molecule has 0 aromatic heterocycles. The van der Waals surface area contributed by atoms with Crippen LogP contribution in [0.25, 0.3) is 0 Å². The lowest BCUT2D eigenvalue weighted by atomic mass is 10.2. The van der Waals surface area contributed by atoms with Crippen molar-refractivity contribution in [3.63, 3.8) is 0 Å². The van der Waals surface area contributed by atoms with E-state index in [0.29, 0.717) is 11.3 Å². The SMILES string of the molecule is N=C(ON)c1ccc(N)cc1. The van der Waals surface area contributed by atoms with Crippen LogP contribution in [0.5, 0.6) is 0 Å². The molecule has 0 spiro atoms. The summed E-state index contributed by atoms with van der Waals surface area (Å²) in [6.07, 6.45) is 0. The molecule has 0 atom stereocenters. The van der Waals surface area contributed by atoms with E-state index in [9.17, 15) is 0 Å². The van der Waals surface area contributed by atoms with Gasteiger partial charge in [-0.1, -0.05) is 0 Å². The van der Waals surface area contributed by atoms with Gasteiger partial charge in [0.1, 0.15) is 0 Å². The van der Waals surface area contributed by atoms with Crippen LogP contribution in [0.2, 0.25) is 0 Å². The molecule has 0 unspecified atom stereocenters. The molecule has 4 nitrogen and oxygen atoms in total. The second-order valence-electron chi connectivity index (χ2n) is 2.07. The highest BCUT2D eigenvalue weighted by Gasteiger charge is 1.98. The van der Waals surface area contributed by atoms with Gasteiger partial charge in [-0.15, -0.1) is 0 Å². The Kier molecular flexibility index (Phi) is 2.08. The van der Waals surface area contributed by atoms with Crippen molar-refractivity contribution in [2.45, 2.75) is 0 Å². The third-order valence-corrected chi connectivity index (χ3v) is 1.29. The fourth-order valence-corrected chi connectivity index (χ4v) is 0.703. The van der Waals surface area contributed by atoms with E-state index in [2.05, 4.69) is 4.84 Å². The van der Waals surface area contributed by atoms with Crippen LogP contribution in [0.15, 0.2) is 24.3 Å². The standard InChI is InChI=1S/C7H9N3O/c8-6-3-1-5(2-4-6)7(9)11-10/h1-4,9H,8,10H2. The number of nitrogen functional groups attached to an aromatic ring is 1. The number of nitrogens with one attached hydrogen (secondary N) is 1. The van der Waals surface area contributed by atoms with E-state index in [1.54, 1.807) is 24.3 Å². The van der Waals surface area contributed by atoms with Gasteiger partial charge >= 0.3 is 0 Å². The van der Waals surface area contributed by atoms with Crippen LogP contribution in [-0.2, 0) is 4.84 Å². The van der Waals surface area contributed by atoms with Gasteiger partial charge in [-0.25, -0.2) is 0 Å². The van der Waals surface area contributed by atoms with Gasteiger partial charge in [0.15, 0.2) is 0 Å². The van der Waals surface area contributed by atoms with E-state index >= 15 is 0 Å². The molecule has 58 valence electrons. The smallest absolute Gasteiger partial charge is 0.237 e. The minimum Gasteiger partial charge on any atom is -0.399 e. The van der Waals surface area contributed by atoms with Gasteiger partial charge in [-0.05, 0) is 24.3 Å². The molecule has 0 fully saturated rings. The van der Waals surface area contributed by atoms with E-state index in [-0.39, 0.29) is 5.90 Å². The van der Waals surface area contributed by atoms with Gasteiger partial charge in [0.25, 0.3) is 0 Å². The normalized spacial score (nSPS) is 9.18. The summed E-state index contributed by atoms with van der Waals surface area (Å²) in [6.45, 7) is 0. The monoisotopic (exact) mass is 151 g/mol. The van der Waals surface area contributed by atoms with Gasteiger partial charge in [-0.3, -0.25) is 5.41 Å². The molecule has 4 heteroatoms. The second-order valence-corrected chi connectivity index (χ2v) is 2.07. The van der Waals surface area contributed by atoms with Crippen LogP contribution in [-0.4, -0.2) is 5.90 Å². The Morgan fingerprint density at radius 1 is 1.27 bits per heavy atom. The van der Waals surface area contributed by atoms with Gasteiger partial charge in [0.05, 0.1) is 0 Å². The van der Waals surface area contributed by atoms with E-state index in [1.807, 2.05) is 0 Å². The Labute approximate surface area is 64.2 Å². The second kappa shape index (κ2) is 3.03. The molecule has 0 saturated heterocycles. The number of rotatable bonds is 1. The topological polar surface area (TPSA) is 85.1 Å². The summed E-state index contributed by atoms with van der Waals surface area (Å²) in [7, 11) is 0. The number of anilines is 1. The highest BCUT2D eigenvalue weighted by Crippen LogP contribution is 2.05. The predicted octanol–water partition coefficient (Wildman–Crippen LogP) is 0.484. The quantitative estimate of drug-likeness (QED) is 0.236. The predicted molar refractivity (Wildman–Crippen MR) is 43.0 cm³/mol.